The maximum absolute atomic E-state index is 4.29. The summed E-state index contributed by atoms with van der Waals surface area (Å²) in [7, 11) is 4.21. The zero-order valence-electron chi connectivity index (χ0n) is 13.1. The van der Waals surface area contributed by atoms with Crippen LogP contribution < -0.4 is 4.90 Å². The number of hydrogen-bond acceptors (Lipinski definition) is 2. The molecular weight excluding hydrogens is 258 g/mol. The molecule has 1 aliphatic carbocycles. The molecule has 2 aromatic rings. The monoisotopic (exact) mass is 281 g/mol. The summed E-state index contributed by atoms with van der Waals surface area (Å²) in [6.07, 6.45) is 6.71. The summed E-state index contributed by atoms with van der Waals surface area (Å²) in [5.41, 5.74) is 5.42. The molecule has 0 saturated heterocycles. The molecule has 0 amide bonds. The number of nitrogens with zero attached hydrogens (tertiary/aromatic N) is 3. The summed E-state index contributed by atoms with van der Waals surface area (Å²) in [6.45, 7) is 3.61. The topological polar surface area (TPSA) is 21.1 Å². The van der Waals surface area contributed by atoms with E-state index in [9.17, 15) is 0 Å². The van der Waals surface area contributed by atoms with E-state index in [-0.39, 0.29) is 0 Å². The van der Waals surface area contributed by atoms with Crippen molar-refractivity contribution in [3.8, 4) is 11.1 Å². The van der Waals surface area contributed by atoms with Crippen LogP contribution in [0.25, 0.3) is 11.1 Å². The molecule has 3 nitrogen and oxygen atoms in total. The number of hydrogen-bond donors (Lipinski definition) is 0. The van der Waals surface area contributed by atoms with Crippen molar-refractivity contribution >= 4 is 5.69 Å². The number of rotatable bonds is 2. The number of fused-ring (bicyclic) bond motifs is 1. The molecule has 1 aromatic carbocycles. The first-order chi connectivity index (χ1) is 10.1. The molecule has 0 bridgehead atoms. The smallest absolute Gasteiger partial charge is 0.0568 e. The molecule has 3 heteroatoms. The predicted molar refractivity (Wildman–Crippen MR) is 86.4 cm³/mol. The van der Waals surface area contributed by atoms with Gasteiger partial charge in [0.05, 0.1) is 6.20 Å². The Morgan fingerprint density at radius 3 is 2.67 bits per heavy atom. The van der Waals surface area contributed by atoms with Gasteiger partial charge in [0.2, 0.25) is 0 Å². The summed E-state index contributed by atoms with van der Waals surface area (Å²) in [5.74, 6) is 2.72. The molecule has 0 spiro atoms. The average molecular weight is 281 g/mol. The lowest BCUT2D eigenvalue weighted by Crippen LogP contribution is -2.33. The highest BCUT2D eigenvalue weighted by Gasteiger charge is 2.41. The minimum Gasteiger partial charge on any atom is -0.374 e. The van der Waals surface area contributed by atoms with Crippen molar-refractivity contribution in [1.82, 2.24) is 9.78 Å². The standard InChI is InChI=1S/C18H23N3/c1-12-6-17(12)15-8-14-7-13(16-9-19-21(3)11-16)4-5-18(14)20(2)10-15/h4-5,7,9,11-12,15,17H,6,8,10H2,1-3H3. The van der Waals surface area contributed by atoms with Gasteiger partial charge in [0.15, 0.2) is 0 Å². The molecule has 21 heavy (non-hydrogen) atoms. The van der Waals surface area contributed by atoms with E-state index in [0.717, 1.165) is 17.8 Å². The lowest BCUT2D eigenvalue weighted by Gasteiger charge is -2.34. The molecule has 1 saturated carbocycles. The molecule has 2 heterocycles. The van der Waals surface area contributed by atoms with E-state index < -0.39 is 0 Å². The van der Waals surface area contributed by atoms with E-state index in [2.05, 4.69) is 48.4 Å². The first-order valence-electron chi connectivity index (χ1n) is 7.95. The first-order valence-corrected chi connectivity index (χ1v) is 7.95. The number of anilines is 1. The summed E-state index contributed by atoms with van der Waals surface area (Å²) in [4.78, 5) is 2.45. The highest BCUT2D eigenvalue weighted by atomic mass is 15.2. The minimum atomic E-state index is 0.835. The summed E-state index contributed by atoms with van der Waals surface area (Å²) < 4.78 is 1.87. The third-order valence-corrected chi connectivity index (χ3v) is 5.30. The Kier molecular flexibility index (Phi) is 2.84. The van der Waals surface area contributed by atoms with Crippen LogP contribution in [0.1, 0.15) is 18.9 Å². The summed E-state index contributed by atoms with van der Waals surface area (Å²) in [5, 5.41) is 4.29. The van der Waals surface area contributed by atoms with Crippen molar-refractivity contribution in [2.24, 2.45) is 24.8 Å². The van der Waals surface area contributed by atoms with Gasteiger partial charge in [-0.2, -0.15) is 5.10 Å². The Balaban J connectivity index is 1.67. The highest BCUT2D eigenvalue weighted by molar-refractivity contribution is 5.68. The van der Waals surface area contributed by atoms with Gasteiger partial charge in [-0.25, -0.2) is 0 Å². The lowest BCUT2D eigenvalue weighted by atomic mass is 9.87. The zero-order chi connectivity index (χ0) is 14.6. The predicted octanol–water partition coefficient (Wildman–Crippen LogP) is 3.35. The van der Waals surface area contributed by atoms with Gasteiger partial charge in [0, 0.05) is 38.1 Å². The van der Waals surface area contributed by atoms with Crippen LogP contribution in [0.15, 0.2) is 30.6 Å². The van der Waals surface area contributed by atoms with Crippen LogP contribution in [0.2, 0.25) is 0 Å². The second-order valence-electron chi connectivity index (χ2n) is 6.97. The molecule has 110 valence electrons. The van der Waals surface area contributed by atoms with E-state index in [1.165, 1.54) is 41.8 Å². The van der Waals surface area contributed by atoms with Gasteiger partial charge in [-0.1, -0.05) is 13.0 Å². The number of aromatic nitrogens is 2. The SMILES string of the molecule is CC1CC1C1Cc2cc(-c3cnn(C)c3)ccc2N(C)C1. The van der Waals surface area contributed by atoms with Crippen molar-refractivity contribution in [2.45, 2.75) is 19.8 Å². The van der Waals surface area contributed by atoms with E-state index in [0.29, 0.717) is 0 Å². The minimum absolute atomic E-state index is 0.835. The van der Waals surface area contributed by atoms with Gasteiger partial charge >= 0.3 is 0 Å². The van der Waals surface area contributed by atoms with Gasteiger partial charge in [-0.3, -0.25) is 4.68 Å². The van der Waals surface area contributed by atoms with Crippen molar-refractivity contribution in [1.29, 1.82) is 0 Å². The van der Waals surface area contributed by atoms with Crippen LogP contribution in [0.3, 0.4) is 0 Å². The van der Waals surface area contributed by atoms with Crippen molar-refractivity contribution < 1.29 is 0 Å². The summed E-state index contributed by atoms with van der Waals surface area (Å²) >= 11 is 0. The zero-order valence-corrected chi connectivity index (χ0v) is 13.1. The fraction of sp³-hybridized carbons (Fsp3) is 0.500. The number of benzene rings is 1. The van der Waals surface area contributed by atoms with E-state index in [1.807, 2.05) is 17.9 Å². The quantitative estimate of drug-likeness (QED) is 0.841. The molecule has 1 aliphatic heterocycles. The van der Waals surface area contributed by atoms with Crippen LogP contribution in [0, 0.1) is 17.8 Å². The molecular formula is C18H23N3. The second kappa shape index (κ2) is 4.62. The molecule has 4 rings (SSSR count). The van der Waals surface area contributed by atoms with Gasteiger partial charge in [0.25, 0.3) is 0 Å². The highest BCUT2D eigenvalue weighted by Crippen LogP contribution is 2.47. The van der Waals surface area contributed by atoms with Crippen molar-refractivity contribution in [3.63, 3.8) is 0 Å². The third-order valence-electron chi connectivity index (χ3n) is 5.30. The Bertz CT molecular complexity index is 673. The van der Waals surface area contributed by atoms with Gasteiger partial charge < -0.3 is 4.90 Å². The molecule has 3 atom stereocenters. The van der Waals surface area contributed by atoms with Crippen LogP contribution in [0.4, 0.5) is 5.69 Å². The van der Waals surface area contributed by atoms with E-state index in [4.69, 9.17) is 0 Å². The van der Waals surface area contributed by atoms with Gasteiger partial charge in [-0.15, -0.1) is 0 Å². The molecule has 3 unspecified atom stereocenters. The molecule has 2 aliphatic rings. The van der Waals surface area contributed by atoms with E-state index in [1.54, 1.807) is 0 Å². The van der Waals surface area contributed by atoms with E-state index >= 15 is 0 Å². The van der Waals surface area contributed by atoms with Crippen LogP contribution in [-0.2, 0) is 13.5 Å². The van der Waals surface area contributed by atoms with Crippen LogP contribution >= 0.6 is 0 Å². The maximum Gasteiger partial charge on any atom is 0.0568 e. The summed E-state index contributed by atoms with van der Waals surface area (Å²) in [6, 6.07) is 6.89. The lowest BCUT2D eigenvalue weighted by molar-refractivity contribution is 0.427. The Morgan fingerprint density at radius 2 is 2.00 bits per heavy atom. The third kappa shape index (κ3) is 2.25. The number of aryl methyl sites for hydroxylation is 1. The van der Waals surface area contributed by atoms with Crippen molar-refractivity contribution in [3.05, 3.63) is 36.2 Å². The molecule has 1 aromatic heterocycles. The molecule has 0 radical (unpaired) electrons. The maximum atomic E-state index is 4.29. The fourth-order valence-electron chi connectivity index (χ4n) is 3.96. The van der Waals surface area contributed by atoms with Crippen molar-refractivity contribution in [2.75, 3.05) is 18.5 Å². The molecule has 1 fully saturated rings. The Hall–Kier alpha value is -1.77. The second-order valence-corrected chi connectivity index (χ2v) is 6.97. The fourth-order valence-corrected chi connectivity index (χ4v) is 3.96. The van der Waals surface area contributed by atoms with Gasteiger partial charge in [0.1, 0.15) is 0 Å². The molecule has 0 N–H and O–H groups in total. The Labute approximate surface area is 126 Å². The largest absolute Gasteiger partial charge is 0.374 e. The normalized spacial score (nSPS) is 27.6. The van der Waals surface area contributed by atoms with Gasteiger partial charge in [-0.05, 0) is 53.9 Å². The van der Waals surface area contributed by atoms with Crippen LogP contribution in [-0.4, -0.2) is 23.4 Å². The Morgan fingerprint density at radius 1 is 1.19 bits per heavy atom. The first kappa shape index (κ1) is 12.9. The van der Waals surface area contributed by atoms with Crippen LogP contribution in [0.5, 0.6) is 0 Å². The average Bonchev–Trinajstić information content (AvgIpc) is 3.03.